The third-order valence-corrected chi connectivity index (χ3v) is 4.72. The van der Waals surface area contributed by atoms with Crippen LogP contribution in [0.15, 0.2) is 53.7 Å². The second-order valence-corrected chi connectivity index (χ2v) is 6.61. The normalized spacial score (nSPS) is 10.7. The lowest BCUT2D eigenvalue weighted by molar-refractivity contribution is -0.118. The number of benzene rings is 2. The molecule has 1 aromatic heterocycles. The molecule has 1 amide bonds. The summed E-state index contributed by atoms with van der Waals surface area (Å²) in [5.41, 5.74) is 1.17. The molecule has 0 saturated carbocycles. The Bertz CT molecular complexity index is 930. The van der Waals surface area contributed by atoms with E-state index in [1.165, 1.54) is 22.9 Å². The molecule has 0 aliphatic carbocycles. The Labute approximate surface area is 158 Å². The van der Waals surface area contributed by atoms with Crippen molar-refractivity contribution in [2.24, 2.45) is 0 Å². The maximum Gasteiger partial charge on any atom is 0.230 e. The van der Waals surface area contributed by atoms with Crippen molar-refractivity contribution in [3.05, 3.63) is 65.7 Å². The summed E-state index contributed by atoms with van der Waals surface area (Å²) in [6, 6.07) is 12.2. The first-order valence-electron chi connectivity index (χ1n) is 8.14. The third kappa shape index (κ3) is 4.82. The van der Waals surface area contributed by atoms with Crippen molar-refractivity contribution in [1.82, 2.24) is 20.2 Å². The molecule has 0 unspecified atom stereocenters. The highest BCUT2D eigenvalue weighted by Crippen LogP contribution is 2.21. The van der Waals surface area contributed by atoms with Gasteiger partial charge in [-0.1, -0.05) is 30.0 Å². The summed E-state index contributed by atoms with van der Waals surface area (Å²) in [5.74, 6) is 5.56. The maximum absolute atomic E-state index is 13.5. The van der Waals surface area contributed by atoms with Crippen LogP contribution in [0.2, 0.25) is 0 Å². The highest BCUT2D eigenvalue weighted by molar-refractivity contribution is 7.99. The van der Waals surface area contributed by atoms with Crippen molar-refractivity contribution in [3.8, 4) is 11.4 Å². The van der Waals surface area contributed by atoms with E-state index in [0.29, 0.717) is 35.1 Å². The largest absolute Gasteiger partial charge is 0.355 e. The lowest BCUT2D eigenvalue weighted by atomic mass is 10.1. The molecule has 0 atom stereocenters. The second kappa shape index (κ2) is 8.63. The number of thioether (sulfide) groups is 1. The summed E-state index contributed by atoms with van der Waals surface area (Å²) < 4.78 is 27.8. The Morgan fingerprint density at radius 2 is 1.85 bits per heavy atom. The van der Waals surface area contributed by atoms with Crippen molar-refractivity contribution in [1.29, 1.82) is 0 Å². The fraction of sp³-hybridized carbons (Fsp3) is 0.167. The van der Waals surface area contributed by atoms with Gasteiger partial charge in [0.25, 0.3) is 0 Å². The molecule has 1 heterocycles. The number of hydrogen-bond donors (Lipinski definition) is 2. The van der Waals surface area contributed by atoms with E-state index < -0.39 is 0 Å². The van der Waals surface area contributed by atoms with Gasteiger partial charge in [-0.05, 0) is 42.3 Å². The number of halogens is 2. The molecular weight excluding hydrogens is 372 g/mol. The summed E-state index contributed by atoms with van der Waals surface area (Å²) >= 11 is 1.13. The number of aromatic nitrogens is 3. The Morgan fingerprint density at radius 1 is 1.11 bits per heavy atom. The minimum absolute atomic E-state index is 0.0933. The minimum atomic E-state index is -0.358. The predicted molar refractivity (Wildman–Crippen MR) is 99.4 cm³/mol. The van der Waals surface area contributed by atoms with Gasteiger partial charge in [0.1, 0.15) is 11.6 Å². The van der Waals surface area contributed by atoms with Crippen LogP contribution in [0.3, 0.4) is 0 Å². The number of amides is 1. The fourth-order valence-electron chi connectivity index (χ4n) is 2.39. The van der Waals surface area contributed by atoms with E-state index in [0.717, 1.165) is 11.8 Å². The van der Waals surface area contributed by atoms with Gasteiger partial charge in [-0.25, -0.2) is 13.5 Å². The van der Waals surface area contributed by atoms with E-state index >= 15 is 0 Å². The van der Waals surface area contributed by atoms with E-state index in [-0.39, 0.29) is 23.3 Å². The average molecular weight is 389 g/mol. The minimum Gasteiger partial charge on any atom is -0.355 e. The first kappa shape index (κ1) is 18.8. The third-order valence-electron chi connectivity index (χ3n) is 3.77. The van der Waals surface area contributed by atoms with Gasteiger partial charge < -0.3 is 11.2 Å². The smallest absolute Gasteiger partial charge is 0.230 e. The Morgan fingerprint density at radius 3 is 2.59 bits per heavy atom. The number of nitrogen functional groups attached to an aromatic ring is 1. The van der Waals surface area contributed by atoms with Gasteiger partial charge >= 0.3 is 0 Å². The molecule has 2 aromatic carbocycles. The Balaban J connectivity index is 1.50. The molecule has 0 spiro atoms. The number of carbonyl (C=O) groups is 1. The van der Waals surface area contributed by atoms with Crippen LogP contribution < -0.4 is 11.2 Å². The highest BCUT2D eigenvalue weighted by atomic mass is 32.2. The monoisotopic (exact) mass is 389 g/mol. The molecule has 27 heavy (non-hydrogen) atoms. The number of rotatable bonds is 7. The molecule has 0 aliphatic heterocycles. The highest BCUT2D eigenvalue weighted by Gasteiger charge is 2.14. The van der Waals surface area contributed by atoms with Crippen LogP contribution in [-0.2, 0) is 11.2 Å². The molecule has 0 saturated heterocycles. The summed E-state index contributed by atoms with van der Waals surface area (Å²) in [7, 11) is 0. The van der Waals surface area contributed by atoms with Crippen molar-refractivity contribution < 1.29 is 13.6 Å². The zero-order chi connectivity index (χ0) is 19.2. The van der Waals surface area contributed by atoms with Gasteiger partial charge in [-0.15, -0.1) is 10.2 Å². The number of nitrogens with one attached hydrogen (secondary N) is 1. The lowest BCUT2D eigenvalue weighted by Crippen LogP contribution is -2.27. The Kier molecular flexibility index (Phi) is 6.02. The first-order valence-corrected chi connectivity index (χ1v) is 9.12. The van der Waals surface area contributed by atoms with Gasteiger partial charge in [0.05, 0.1) is 5.75 Å². The lowest BCUT2D eigenvalue weighted by Gasteiger charge is -2.06. The van der Waals surface area contributed by atoms with Crippen molar-refractivity contribution in [2.45, 2.75) is 11.6 Å². The van der Waals surface area contributed by atoms with Crippen LogP contribution in [-0.4, -0.2) is 33.1 Å². The quantitative estimate of drug-likeness (QED) is 0.479. The van der Waals surface area contributed by atoms with Gasteiger partial charge in [0.15, 0.2) is 5.82 Å². The van der Waals surface area contributed by atoms with Gasteiger partial charge in [0.2, 0.25) is 11.1 Å². The standard InChI is InChI=1S/C18H17F2N5OS/c19-14-7-5-13(6-8-14)17-23-24-18(25(17)21)27-11-16(26)22-10-9-12-3-1-2-4-15(12)20/h1-8H,9-11,21H2,(H,22,26). The maximum atomic E-state index is 13.5. The molecule has 0 aliphatic rings. The van der Waals surface area contributed by atoms with Crippen LogP contribution in [0.4, 0.5) is 8.78 Å². The number of hydrogen-bond acceptors (Lipinski definition) is 5. The van der Waals surface area contributed by atoms with Gasteiger partial charge in [-0.3, -0.25) is 4.79 Å². The molecular formula is C18H17F2N5OS. The topological polar surface area (TPSA) is 85.8 Å². The number of nitrogens with two attached hydrogens (primary N) is 1. The van der Waals surface area contributed by atoms with E-state index in [9.17, 15) is 13.6 Å². The van der Waals surface area contributed by atoms with E-state index in [1.807, 2.05) is 0 Å². The fourth-order valence-corrected chi connectivity index (χ4v) is 3.08. The summed E-state index contributed by atoms with van der Waals surface area (Å²) in [4.78, 5) is 12.0. The molecule has 0 bridgehead atoms. The van der Waals surface area contributed by atoms with Crippen molar-refractivity contribution in [2.75, 3.05) is 18.1 Å². The van der Waals surface area contributed by atoms with Crippen LogP contribution in [0.5, 0.6) is 0 Å². The van der Waals surface area contributed by atoms with Crippen molar-refractivity contribution in [3.63, 3.8) is 0 Å². The Hall–Kier alpha value is -2.94. The van der Waals surface area contributed by atoms with Crippen LogP contribution in [0.1, 0.15) is 5.56 Å². The molecule has 0 fully saturated rings. The van der Waals surface area contributed by atoms with E-state index in [2.05, 4.69) is 15.5 Å². The van der Waals surface area contributed by atoms with E-state index in [1.54, 1.807) is 30.3 Å². The van der Waals surface area contributed by atoms with Gasteiger partial charge in [0, 0.05) is 12.1 Å². The first-order chi connectivity index (χ1) is 13.0. The van der Waals surface area contributed by atoms with Crippen LogP contribution >= 0.6 is 11.8 Å². The molecule has 0 radical (unpaired) electrons. The molecule has 9 heteroatoms. The summed E-state index contributed by atoms with van der Waals surface area (Å²) in [6.45, 7) is 0.330. The molecule has 3 rings (SSSR count). The van der Waals surface area contributed by atoms with Crippen LogP contribution in [0.25, 0.3) is 11.4 Å². The zero-order valence-corrected chi connectivity index (χ0v) is 15.0. The number of carbonyl (C=O) groups excluding carboxylic acids is 1. The van der Waals surface area contributed by atoms with E-state index in [4.69, 9.17) is 5.84 Å². The summed E-state index contributed by atoms with van der Waals surface area (Å²) in [5, 5.41) is 11.0. The van der Waals surface area contributed by atoms with Crippen LogP contribution in [0, 0.1) is 11.6 Å². The summed E-state index contributed by atoms with van der Waals surface area (Å²) in [6.07, 6.45) is 0.408. The average Bonchev–Trinajstić information content (AvgIpc) is 3.03. The second-order valence-electron chi connectivity index (χ2n) is 5.66. The SMILES string of the molecule is Nn1c(SCC(=O)NCCc2ccccc2F)nnc1-c1ccc(F)cc1. The number of nitrogens with zero attached hydrogens (tertiary/aromatic N) is 3. The molecule has 140 valence electrons. The predicted octanol–water partition coefficient (Wildman–Crippen LogP) is 2.39. The molecule has 3 aromatic rings. The molecule has 6 nitrogen and oxygen atoms in total. The zero-order valence-electron chi connectivity index (χ0n) is 14.2. The van der Waals surface area contributed by atoms with Crippen molar-refractivity contribution >= 4 is 17.7 Å². The molecule has 3 N–H and O–H groups in total. The van der Waals surface area contributed by atoms with Gasteiger partial charge in [-0.2, -0.15) is 0 Å².